The Balaban J connectivity index is 1.77. The minimum Gasteiger partial charge on any atom is -0.490 e. The zero-order valence-electron chi connectivity index (χ0n) is 12.2. The molecule has 0 spiro atoms. The number of aliphatic hydroxyl groups is 1. The lowest BCUT2D eigenvalue weighted by Gasteiger charge is -2.30. The summed E-state index contributed by atoms with van der Waals surface area (Å²) >= 11 is 0. The lowest BCUT2D eigenvalue weighted by Crippen LogP contribution is -2.20. The zero-order valence-corrected chi connectivity index (χ0v) is 12.2. The number of aliphatic hydroxyl groups excluding tert-OH is 1. The van der Waals surface area contributed by atoms with Crippen LogP contribution in [0.1, 0.15) is 50.7 Å². The molecule has 1 heterocycles. The lowest BCUT2D eigenvalue weighted by molar-refractivity contribution is 0.0711. The Labute approximate surface area is 120 Å². The molecule has 1 saturated carbocycles. The zero-order chi connectivity index (χ0) is 13.9. The molecule has 0 aromatic heterocycles. The first-order valence-electron chi connectivity index (χ1n) is 7.81. The maximum atomic E-state index is 10.6. The largest absolute Gasteiger partial charge is 0.490 e. The second-order valence-corrected chi connectivity index (χ2v) is 6.23. The molecule has 1 N–H and O–H groups in total. The minimum atomic E-state index is -0.380. The molecule has 1 aliphatic heterocycles. The molecule has 0 saturated heterocycles. The summed E-state index contributed by atoms with van der Waals surface area (Å²) in [4.78, 5) is 0. The van der Waals surface area contributed by atoms with Crippen molar-refractivity contribution in [1.82, 2.24) is 0 Å². The number of rotatable bonds is 2. The van der Waals surface area contributed by atoms with Crippen LogP contribution in [0.3, 0.4) is 0 Å². The molecule has 3 nitrogen and oxygen atoms in total. The van der Waals surface area contributed by atoms with Crippen LogP contribution in [0.25, 0.3) is 0 Å². The predicted octanol–water partition coefficient (Wildman–Crippen LogP) is 3.71. The number of fused-ring (bicyclic) bond motifs is 1. The van der Waals surface area contributed by atoms with Gasteiger partial charge in [-0.15, -0.1) is 0 Å². The Morgan fingerprint density at radius 1 is 1.10 bits per heavy atom. The van der Waals surface area contributed by atoms with Gasteiger partial charge in [0.25, 0.3) is 0 Å². The second kappa shape index (κ2) is 6.04. The van der Waals surface area contributed by atoms with Gasteiger partial charge >= 0.3 is 0 Å². The van der Waals surface area contributed by atoms with Gasteiger partial charge in [0.2, 0.25) is 0 Å². The Morgan fingerprint density at radius 3 is 2.70 bits per heavy atom. The van der Waals surface area contributed by atoms with E-state index in [4.69, 9.17) is 9.47 Å². The maximum absolute atomic E-state index is 10.6. The van der Waals surface area contributed by atoms with Crippen molar-refractivity contribution >= 4 is 0 Å². The second-order valence-electron chi connectivity index (χ2n) is 6.23. The van der Waals surface area contributed by atoms with Crippen molar-refractivity contribution in [2.75, 3.05) is 13.2 Å². The molecule has 3 rings (SSSR count). The average Bonchev–Trinajstić information content (AvgIpc) is 2.71. The normalized spacial score (nSPS) is 27.7. The molecule has 0 radical (unpaired) electrons. The first-order chi connectivity index (χ1) is 9.74. The van der Waals surface area contributed by atoms with Gasteiger partial charge in [-0.3, -0.25) is 0 Å². The number of ether oxygens (including phenoxy) is 2. The molecular weight excluding hydrogens is 252 g/mol. The summed E-state index contributed by atoms with van der Waals surface area (Å²) in [6.45, 7) is 3.68. The molecule has 2 aliphatic rings. The minimum absolute atomic E-state index is 0.378. The van der Waals surface area contributed by atoms with E-state index < -0.39 is 0 Å². The highest BCUT2D eigenvalue weighted by atomic mass is 16.5. The molecule has 3 atom stereocenters. The standard InChI is InChI=1S/C17H24O3/c1-12-4-2-5-13(10-12)17(18)14-6-7-15-16(11-14)20-9-3-8-19-15/h6-7,11-13,17-18H,2-5,8-10H2,1H3. The Morgan fingerprint density at radius 2 is 1.90 bits per heavy atom. The molecule has 1 aliphatic carbocycles. The van der Waals surface area contributed by atoms with Crippen molar-refractivity contribution in [2.24, 2.45) is 11.8 Å². The predicted molar refractivity (Wildman–Crippen MR) is 78.1 cm³/mol. The average molecular weight is 276 g/mol. The van der Waals surface area contributed by atoms with E-state index in [0.29, 0.717) is 19.1 Å². The number of benzene rings is 1. The number of hydrogen-bond donors (Lipinski definition) is 1. The summed E-state index contributed by atoms with van der Waals surface area (Å²) in [7, 11) is 0. The molecule has 20 heavy (non-hydrogen) atoms. The van der Waals surface area contributed by atoms with Gasteiger partial charge in [-0.25, -0.2) is 0 Å². The van der Waals surface area contributed by atoms with Gasteiger partial charge in [-0.2, -0.15) is 0 Å². The smallest absolute Gasteiger partial charge is 0.161 e. The van der Waals surface area contributed by atoms with E-state index in [1.807, 2.05) is 18.2 Å². The van der Waals surface area contributed by atoms with Crippen molar-refractivity contribution in [2.45, 2.75) is 45.1 Å². The third kappa shape index (κ3) is 2.93. The van der Waals surface area contributed by atoms with Crippen molar-refractivity contribution in [3.8, 4) is 11.5 Å². The molecule has 1 aromatic rings. The molecule has 3 unspecified atom stereocenters. The van der Waals surface area contributed by atoms with Crippen molar-refractivity contribution in [1.29, 1.82) is 0 Å². The third-order valence-corrected chi connectivity index (χ3v) is 4.54. The van der Waals surface area contributed by atoms with Crippen LogP contribution >= 0.6 is 0 Å². The van der Waals surface area contributed by atoms with Crippen LogP contribution in [-0.4, -0.2) is 18.3 Å². The van der Waals surface area contributed by atoms with E-state index in [1.54, 1.807) is 0 Å². The van der Waals surface area contributed by atoms with Crippen LogP contribution in [-0.2, 0) is 0 Å². The molecule has 110 valence electrons. The third-order valence-electron chi connectivity index (χ3n) is 4.54. The van der Waals surface area contributed by atoms with Gasteiger partial charge in [-0.05, 0) is 42.4 Å². The van der Waals surface area contributed by atoms with Crippen LogP contribution < -0.4 is 9.47 Å². The van der Waals surface area contributed by atoms with Crippen LogP contribution in [0, 0.1) is 11.8 Å². The molecule has 1 aromatic carbocycles. The van der Waals surface area contributed by atoms with Gasteiger partial charge in [0.1, 0.15) is 0 Å². The van der Waals surface area contributed by atoms with Crippen molar-refractivity contribution in [3.05, 3.63) is 23.8 Å². The van der Waals surface area contributed by atoms with Crippen LogP contribution in [0.2, 0.25) is 0 Å². The monoisotopic (exact) mass is 276 g/mol. The number of hydrogen-bond acceptors (Lipinski definition) is 3. The first-order valence-corrected chi connectivity index (χ1v) is 7.81. The van der Waals surface area contributed by atoms with E-state index >= 15 is 0 Å². The first kappa shape index (κ1) is 13.7. The highest BCUT2D eigenvalue weighted by Crippen LogP contribution is 2.39. The molecule has 0 bridgehead atoms. The van der Waals surface area contributed by atoms with E-state index in [0.717, 1.165) is 42.2 Å². The summed E-state index contributed by atoms with van der Waals surface area (Å²) in [5.41, 5.74) is 0.966. The summed E-state index contributed by atoms with van der Waals surface area (Å²) in [5, 5.41) is 10.6. The Hall–Kier alpha value is -1.22. The van der Waals surface area contributed by atoms with Gasteiger partial charge in [0.15, 0.2) is 11.5 Å². The highest BCUT2D eigenvalue weighted by molar-refractivity contribution is 5.44. The topological polar surface area (TPSA) is 38.7 Å². The van der Waals surface area contributed by atoms with E-state index in [2.05, 4.69) is 6.92 Å². The van der Waals surface area contributed by atoms with Crippen molar-refractivity contribution in [3.63, 3.8) is 0 Å². The van der Waals surface area contributed by atoms with E-state index in [-0.39, 0.29) is 6.10 Å². The van der Waals surface area contributed by atoms with Crippen LogP contribution in [0.5, 0.6) is 11.5 Å². The van der Waals surface area contributed by atoms with E-state index in [9.17, 15) is 5.11 Å². The molecule has 1 fully saturated rings. The summed E-state index contributed by atoms with van der Waals surface area (Å²) in [5.74, 6) is 2.69. The highest BCUT2D eigenvalue weighted by Gasteiger charge is 2.27. The van der Waals surface area contributed by atoms with Crippen LogP contribution in [0.15, 0.2) is 18.2 Å². The van der Waals surface area contributed by atoms with Gasteiger partial charge < -0.3 is 14.6 Å². The molecule has 3 heteroatoms. The van der Waals surface area contributed by atoms with Gasteiger partial charge in [0, 0.05) is 6.42 Å². The maximum Gasteiger partial charge on any atom is 0.161 e. The lowest BCUT2D eigenvalue weighted by atomic mass is 9.78. The Kier molecular flexibility index (Phi) is 4.16. The summed E-state index contributed by atoms with van der Waals surface area (Å²) in [6.07, 6.45) is 5.30. The van der Waals surface area contributed by atoms with Gasteiger partial charge in [-0.1, -0.05) is 25.8 Å². The van der Waals surface area contributed by atoms with E-state index in [1.165, 1.54) is 12.8 Å². The fraction of sp³-hybridized carbons (Fsp3) is 0.647. The quantitative estimate of drug-likeness (QED) is 0.895. The molecular formula is C17H24O3. The fourth-order valence-corrected chi connectivity index (χ4v) is 3.40. The van der Waals surface area contributed by atoms with Crippen molar-refractivity contribution < 1.29 is 14.6 Å². The summed E-state index contributed by atoms with van der Waals surface area (Å²) < 4.78 is 11.4. The fourth-order valence-electron chi connectivity index (χ4n) is 3.40. The Bertz CT molecular complexity index is 458. The van der Waals surface area contributed by atoms with Gasteiger partial charge in [0.05, 0.1) is 19.3 Å². The SMILES string of the molecule is CC1CCCC(C(O)c2ccc3c(c2)OCCCO3)C1. The van der Waals surface area contributed by atoms with Crippen LogP contribution in [0.4, 0.5) is 0 Å². The molecule has 0 amide bonds. The summed E-state index contributed by atoms with van der Waals surface area (Å²) in [6, 6.07) is 5.88.